The van der Waals surface area contributed by atoms with Crippen molar-refractivity contribution in [1.29, 1.82) is 0 Å². The second kappa shape index (κ2) is 8.37. The molecule has 0 aliphatic carbocycles. The molecule has 9 nitrogen and oxygen atoms in total. The Morgan fingerprint density at radius 2 is 1.90 bits per heavy atom. The van der Waals surface area contributed by atoms with Crippen molar-refractivity contribution in [3.8, 4) is 5.75 Å². The van der Waals surface area contributed by atoms with Crippen LogP contribution < -0.4 is 9.46 Å². The third-order valence-electron chi connectivity index (χ3n) is 4.46. The third kappa shape index (κ3) is 4.49. The van der Waals surface area contributed by atoms with Gasteiger partial charge in [0.15, 0.2) is 0 Å². The number of rotatable bonds is 8. The number of hydrogen-bond acceptors (Lipinski definition) is 6. The summed E-state index contributed by atoms with van der Waals surface area (Å²) in [5, 5.41) is 4.04. The first-order chi connectivity index (χ1) is 14.5. The molecule has 4 rings (SSSR count). The number of aryl methyl sites for hydroxylation is 1. The highest BCUT2D eigenvalue weighted by atomic mass is 32.2. The minimum Gasteiger partial charge on any atom is -0.486 e. The van der Waals surface area contributed by atoms with E-state index < -0.39 is 10.0 Å². The van der Waals surface area contributed by atoms with Gasteiger partial charge in [-0.25, -0.2) is 23.1 Å². The zero-order valence-corrected chi connectivity index (χ0v) is 17.0. The number of sulfonamides is 1. The van der Waals surface area contributed by atoms with E-state index in [9.17, 15) is 8.42 Å². The molecule has 0 saturated carbocycles. The van der Waals surface area contributed by atoms with Gasteiger partial charge in [0.05, 0.1) is 11.4 Å². The number of hydrogen-bond donors (Lipinski definition) is 1. The van der Waals surface area contributed by atoms with Gasteiger partial charge in [0, 0.05) is 25.1 Å². The van der Waals surface area contributed by atoms with E-state index in [0.717, 1.165) is 5.82 Å². The number of anilines is 1. The van der Waals surface area contributed by atoms with Gasteiger partial charge in [0.25, 0.3) is 10.0 Å². The van der Waals surface area contributed by atoms with Crippen LogP contribution in [-0.2, 0) is 30.2 Å². The summed E-state index contributed by atoms with van der Waals surface area (Å²) in [5.41, 5.74) is 1.06. The number of aromatic nitrogens is 5. The molecule has 0 unspecified atom stereocenters. The Labute approximate surface area is 174 Å². The molecule has 10 heteroatoms. The lowest BCUT2D eigenvalue weighted by molar-refractivity contribution is 0.292. The molecule has 154 valence electrons. The van der Waals surface area contributed by atoms with Gasteiger partial charge < -0.3 is 9.30 Å². The van der Waals surface area contributed by atoms with Crippen molar-refractivity contribution in [3.05, 3.63) is 85.0 Å². The number of nitrogens with zero attached hydrogens (tertiary/aromatic N) is 5. The van der Waals surface area contributed by atoms with Crippen LogP contribution in [0.2, 0.25) is 0 Å². The summed E-state index contributed by atoms with van der Waals surface area (Å²) >= 11 is 0. The molecule has 2 aromatic heterocycles. The highest BCUT2D eigenvalue weighted by Crippen LogP contribution is 2.22. The van der Waals surface area contributed by atoms with Gasteiger partial charge >= 0.3 is 0 Å². The molecule has 0 saturated heterocycles. The summed E-state index contributed by atoms with van der Waals surface area (Å²) in [7, 11) is -1.89. The zero-order valence-electron chi connectivity index (χ0n) is 16.2. The molecule has 2 aromatic carbocycles. The third-order valence-corrected chi connectivity index (χ3v) is 5.94. The number of nitrogens with one attached hydrogen (secondary N) is 1. The minimum atomic E-state index is -3.78. The largest absolute Gasteiger partial charge is 0.486 e. The molecular formula is C20H20N6O3S. The average Bonchev–Trinajstić information content (AvgIpc) is 3.39. The molecule has 0 fully saturated rings. The second-order valence-electron chi connectivity index (χ2n) is 6.57. The summed E-state index contributed by atoms with van der Waals surface area (Å²) in [5.74, 6) is 1.41. The van der Waals surface area contributed by atoms with Gasteiger partial charge in [-0.2, -0.15) is 5.10 Å². The van der Waals surface area contributed by atoms with Crippen molar-refractivity contribution >= 4 is 15.7 Å². The van der Waals surface area contributed by atoms with Crippen LogP contribution in [0.3, 0.4) is 0 Å². The van der Waals surface area contributed by atoms with Gasteiger partial charge in [-0.05, 0) is 35.9 Å². The van der Waals surface area contributed by atoms with Gasteiger partial charge in [-0.15, -0.1) is 0 Å². The molecule has 0 aliphatic rings. The van der Waals surface area contributed by atoms with Crippen molar-refractivity contribution in [2.24, 2.45) is 7.05 Å². The van der Waals surface area contributed by atoms with E-state index in [2.05, 4.69) is 19.8 Å². The molecule has 0 atom stereocenters. The maximum absolute atomic E-state index is 13.0. The van der Waals surface area contributed by atoms with Crippen LogP contribution in [0.4, 0.5) is 5.69 Å². The van der Waals surface area contributed by atoms with E-state index in [4.69, 9.17) is 4.74 Å². The van der Waals surface area contributed by atoms with Gasteiger partial charge in [0.2, 0.25) is 0 Å². The molecule has 0 spiro atoms. The van der Waals surface area contributed by atoms with Crippen molar-refractivity contribution in [1.82, 2.24) is 24.3 Å². The van der Waals surface area contributed by atoms with Crippen LogP contribution in [0, 0.1) is 0 Å². The first kappa shape index (κ1) is 19.6. The van der Waals surface area contributed by atoms with Gasteiger partial charge in [-0.1, -0.05) is 18.2 Å². The Kier molecular flexibility index (Phi) is 5.48. The van der Waals surface area contributed by atoms with Crippen molar-refractivity contribution in [3.63, 3.8) is 0 Å². The normalized spacial score (nSPS) is 11.4. The summed E-state index contributed by atoms with van der Waals surface area (Å²) in [4.78, 5) is 8.28. The SMILES string of the molecule is Cn1ccnc1COc1ccc(NS(=O)(=O)c2ccccc2Cn2cncn2)cc1. The lowest BCUT2D eigenvalue weighted by Crippen LogP contribution is -2.16. The zero-order chi connectivity index (χ0) is 21.0. The molecule has 0 aliphatic heterocycles. The lowest BCUT2D eigenvalue weighted by atomic mass is 10.2. The van der Waals surface area contributed by atoms with E-state index in [1.165, 1.54) is 6.33 Å². The quantitative estimate of drug-likeness (QED) is 0.466. The smallest absolute Gasteiger partial charge is 0.262 e. The molecular weight excluding hydrogens is 404 g/mol. The number of imidazole rings is 1. The van der Waals surface area contributed by atoms with E-state index >= 15 is 0 Å². The van der Waals surface area contributed by atoms with Crippen LogP contribution in [0.5, 0.6) is 5.75 Å². The molecule has 0 amide bonds. The van der Waals surface area contributed by atoms with Gasteiger partial charge in [0.1, 0.15) is 30.8 Å². The number of benzene rings is 2. The Bertz CT molecular complexity index is 1220. The van der Waals surface area contributed by atoms with E-state index in [1.54, 1.807) is 65.7 Å². The van der Waals surface area contributed by atoms with Crippen LogP contribution in [0.15, 0.2) is 78.5 Å². The monoisotopic (exact) mass is 424 g/mol. The fourth-order valence-corrected chi connectivity index (χ4v) is 4.19. The van der Waals surface area contributed by atoms with Crippen LogP contribution >= 0.6 is 0 Å². The van der Waals surface area contributed by atoms with Crippen LogP contribution in [0.1, 0.15) is 11.4 Å². The predicted octanol–water partition coefficient (Wildman–Crippen LogP) is 2.44. The fraction of sp³-hybridized carbons (Fsp3) is 0.150. The van der Waals surface area contributed by atoms with E-state index in [0.29, 0.717) is 30.2 Å². The molecule has 2 heterocycles. The summed E-state index contributed by atoms with van der Waals surface area (Å²) < 4.78 is 37.7. The first-order valence-electron chi connectivity index (χ1n) is 9.13. The lowest BCUT2D eigenvalue weighted by Gasteiger charge is -2.13. The van der Waals surface area contributed by atoms with Crippen LogP contribution in [0.25, 0.3) is 0 Å². The summed E-state index contributed by atoms with van der Waals surface area (Å²) in [6.07, 6.45) is 6.50. The van der Waals surface area contributed by atoms with Crippen molar-refractivity contribution < 1.29 is 13.2 Å². The second-order valence-corrected chi connectivity index (χ2v) is 8.22. The standard InChI is InChI=1S/C20H20N6O3S/c1-25-11-10-22-20(25)13-29-18-8-6-17(7-9-18)24-30(27,28)19-5-3-2-4-16(19)12-26-15-21-14-23-26/h2-11,14-15,24H,12-13H2,1H3. The molecule has 30 heavy (non-hydrogen) atoms. The minimum absolute atomic E-state index is 0.190. The maximum atomic E-state index is 13.0. The molecule has 4 aromatic rings. The summed E-state index contributed by atoms with van der Waals surface area (Å²) in [6, 6.07) is 13.5. The molecule has 1 N–H and O–H groups in total. The van der Waals surface area contributed by atoms with Gasteiger partial charge in [-0.3, -0.25) is 4.72 Å². The predicted molar refractivity (Wildman–Crippen MR) is 110 cm³/mol. The Hall–Kier alpha value is -3.66. The highest BCUT2D eigenvalue weighted by Gasteiger charge is 2.18. The van der Waals surface area contributed by atoms with E-state index in [1.807, 2.05) is 17.8 Å². The average molecular weight is 424 g/mol. The van der Waals surface area contributed by atoms with Crippen molar-refractivity contribution in [2.45, 2.75) is 18.0 Å². The van der Waals surface area contributed by atoms with Crippen molar-refractivity contribution in [2.75, 3.05) is 4.72 Å². The van der Waals surface area contributed by atoms with Crippen LogP contribution in [-0.4, -0.2) is 32.7 Å². The Morgan fingerprint density at radius 1 is 1.10 bits per heavy atom. The highest BCUT2D eigenvalue weighted by molar-refractivity contribution is 7.92. The topological polar surface area (TPSA) is 104 Å². The first-order valence-corrected chi connectivity index (χ1v) is 10.6. The molecule has 0 bridgehead atoms. The van der Waals surface area contributed by atoms with E-state index in [-0.39, 0.29) is 4.90 Å². The Morgan fingerprint density at radius 3 is 2.60 bits per heavy atom. The fourth-order valence-electron chi connectivity index (χ4n) is 2.90. The summed E-state index contributed by atoms with van der Waals surface area (Å²) in [6.45, 7) is 0.626. The molecule has 0 radical (unpaired) electrons. The Balaban J connectivity index is 1.46. The number of ether oxygens (including phenoxy) is 1. The maximum Gasteiger partial charge on any atom is 0.262 e.